The fourth-order valence-corrected chi connectivity index (χ4v) is 6.47. The van der Waals surface area contributed by atoms with Crippen LogP contribution in [-0.4, -0.2) is 30.3 Å². The van der Waals surface area contributed by atoms with Crippen LogP contribution in [0.2, 0.25) is 0 Å². The maximum atomic E-state index is 13.6. The second kappa shape index (κ2) is 15.0. The predicted molar refractivity (Wildman–Crippen MR) is 185 cm³/mol. The monoisotopic (exact) mass is 622 g/mol. The molecule has 0 fully saturated rings. The SMILES string of the molecule is CCCCN(C)c1ccc(-c2cccc(CN(Cc3cccc(CN)c3)C(=O)c3cccs3)c2)cc1NC(=O)c1cccs1. The van der Waals surface area contributed by atoms with Crippen molar-refractivity contribution in [3.63, 3.8) is 0 Å². The molecule has 5 rings (SSSR count). The lowest BCUT2D eigenvalue weighted by Gasteiger charge is -2.24. The van der Waals surface area contributed by atoms with Gasteiger partial charge in [0.05, 0.1) is 21.1 Å². The summed E-state index contributed by atoms with van der Waals surface area (Å²) in [5.74, 6) is -0.112. The summed E-state index contributed by atoms with van der Waals surface area (Å²) in [6.45, 7) is 4.46. The zero-order valence-corrected chi connectivity index (χ0v) is 26.8. The predicted octanol–water partition coefficient (Wildman–Crippen LogP) is 8.27. The quantitative estimate of drug-likeness (QED) is 0.139. The highest BCUT2D eigenvalue weighted by Crippen LogP contribution is 2.33. The lowest BCUT2D eigenvalue weighted by atomic mass is 10.0. The fourth-order valence-electron chi connectivity index (χ4n) is 5.16. The molecular formula is C36H38N4O2S2. The highest BCUT2D eigenvalue weighted by Gasteiger charge is 2.19. The number of hydrogen-bond acceptors (Lipinski definition) is 6. The van der Waals surface area contributed by atoms with Gasteiger partial charge in [-0.3, -0.25) is 9.59 Å². The first-order valence-corrected chi connectivity index (χ1v) is 16.6. The first kappa shape index (κ1) is 31.2. The second-order valence-corrected chi connectivity index (χ2v) is 12.7. The minimum absolute atomic E-state index is 0.00148. The highest BCUT2D eigenvalue weighted by atomic mass is 32.1. The van der Waals surface area contributed by atoms with Gasteiger partial charge in [0, 0.05) is 33.2 Å². The maximum absolute atomic E-state index is 13.6. The van der Waals surface area contributed by atoms with Gasteiger partial charge in [0.15, 0.2) is 0 Å². The number of thiophene rings is 2. The van der Waals surface area contributed by atoms with Gasteiger partial charge < -0.3 is 20.9 Å². The smallest absolute Gasteiger partial charge is 0.265 e. The lowest BCUT2D eigenvalue weighted by Crippen LogP contribution is -2.29. The van der Waals surface area contributed by atoms with E-state index in [0.717, 1.165) is 58.6 Å². The van der Waals surface area contributed by atoms with Gasteiger partial charge in [-0.2, -0.15) is 0 Å². The van der Waals surface area contributed by atoms with Crippen molar-refractivity contribution >= 4 is 45.9 Å². The summed E-state index contributed by atoms with van der Waals surface area (Å²) in [7, 11) is 2.06. The molecule has 5 aromatic rings. The van der Waals surface area contributed by atoms with Crippen molar-refractivity contribution in [1.82, 2.24) is 4.90 Å². The summed E-state index contributed by atoms with van der Waals surface area (Å²) in [5, 5.41) is 7.00. The number of rotatable bonds is 13. The molecule has 0 aliphatic heterocycles. The standard InChI is InChI=1S/C36H38N4O2S2/c1-3-4-17-39(2)32-16-15-30(22-31(32)38-35(41)33-13-7-18-43-33)29-12-6-11-28(21-29)25-40(36(42)34-14-8-19-44-34)24-27-10-5-9-26(20-27)23-37/h5-16,18-22H,3-4,17,23-25,37H2,1-2H3,(H,38,41). The zero-order valence-electron chi connectivity index (χ0n) is 25.2. The molecule has 3 N–H and O–H groups in total. The van der Waals surface area contributed by atoms with Crippen LogP contribution >= 0.6 is 22.7 Å². The van der Waals surface area contributed by atoms with E-state index >= 15 is 0 Å². The molecule has 0 radical (unpaired) electrons. The fraction of sp³-hybridized carbons (Fsp3) is 0.222. The van der Waals surface area contributed by atoms with Crippen molar-refractivity contribution in [1.29, 1.82) is 0 Å². The van der Waals surface area contributed by atoms with Crippen molar-refractivity contribution in [3.05, 3.63) is 128 Å². The molecule has 2 amide bonds. The van der Waals surface area contributed by atoms with E-state index in [4.69, 9.17) is 5.73 Å². The molecule has 2 aromatic heterocycles. The topological polar surface area (TPSA) is 78.7 Å². The lowest BCUT2D eigenvalue weighted by molar-refractivity contribution is 0.0734. The van der Waals surface area contributed by atoms with Gasteiger partial charge in [-0.25, -0.2) is 0 Å². The molecule has 0 atom stereocenters. The van der Waals surface area contributed by atoms with Crippen molar-refractivity contribution in [2.45, 2.75) is 39.4 Å². The number of amides is 2. The Morgan fingerprint density at radius 2 is 1.43 bits per heavy atom. The number of hydrogen-bond donors (Lipinski definition) is 2. The number of anilines is 2. The summed E-state index contributed by atoms with van der Waals surface area (Å²) >= 11 is 2.88. The molecule has 0 aliphatic rings. The normalized spacial score (nSPS) is 10.9. The van der Waals surface area contributed by atoms with Gasteiger partial charge in [-0.1, -0.05) is 74.0 Å². The Morgan fingerprint density at radius 3 is 2.11 bits per heavy atom. The van der Waals surface area contributed by atoms with E-state index in [1.54, 1.807) is 0 Å². The average Bonchev–Trinajstić information content (AvgIpc) is 3.79. The molecule has 3 aromatic carbocycles. The summed E-state index contributed by atoms with van der Waals surface area (Å²) < 4.78 is 0. The van der Waals surface area contributed by atoms with E-state index in [1.165, 1.54) is 22.7 Å². The molecule has 6 nitrogen and oxygen atoms in total. The molecule has 8 heteroatoms. The number of carbonyl (C=O) groups excluding carboxylic acids is 2. The minimum Gasteiger partial charge on any atom is -0.373 e. The third-order valence-electron chi connectivity index (χ3n) is 7.50. The summed E-state index contributed by atoms with van der Waals surface area (Å²) in [5.41, 5.74) is 12.8. The van der Waals surface area contributed by atoms with Crippen molar-refractivity contribution < 1.29 is 9.59 Å². The maximum Gasteiger partial charge on any atom is 0.265 e. The van der Waals surface area contributed by atoms with Gasteiger partial charge in [0.25, 0.3) is 11.8 Å². The number of nitrogens with one attached hydrogen (secondary N) is 1. The summed E-state index contributed by atoms with van der Waals surface area (Å²) in [4.78, 5) is 32.2. The molecule has 44 heavy (non-hydrogen) atoms. The van der Waals surface area contributed by atoms with Crippen LogP contribution in [0.5, 0.6) is 0 Å². The molecule has 226 valence electrons. The number of nitrogens with two attached hydrogens (primary N) is 1. The van der Waals surface area contributed by atoms with Gasteiger partial charge >= 0.3 is 0 Å². The Balaban J connectivity index is 1.44. The first-order chi connectivity index (χ1) is 21.4. The van der Waals surface area contributed by atoms with Gasteiger partial charge in [-0.05, 0) is 75.3 Å². The number of carbonyl (C=O) groups is 2. The van der Waals surface area contributed by atoms with Crippen molar-refractivity contribution in [2.75, 3.05) is 23.8 Å². The van der Waals surface area contributed by atoms with Gasteiger partial charge in [-0.15, -0.1) is 22.7 Å². The summed E-state index contributed by atoms with van der Waals surface area (Å²) in [6.07, 6.45) is 2.16. The number of nitrogens with zero attached hydrogens (tertiary/aromatic N) is 2. The third kappa shape index (κ3) is 7.82. The Kier molecular flexibility index (Phi) is 10.6. The van der Waals surface area contributed by atoms with Gasteiger partial charge in [0.1, 0.15) is 0 Å². The van der Waals surface area contributed by atoms with Crippen LogP contribution in [0, 0.1) is 0 Å². The largest absolute Gasteiger partial charge is 0.373 e. The van der Waals surface area contributed by atoms with Crippen LogP contribution in [0.3, 0.4) is 0 Å². The Bertz CT molecular complexity index is 1680. The van der Waals surface area contributed by atoms with E-state index in [2.05, 4.69) is 66.7 Å². The van der Waals surface area contributed by atoms with E-state index in [9.17, 15) is 9.59 Å². The summed E-state index contributed by atoms with van der Waals surface area (Å²) in [6, 6.07) is 30.1. The molecule has 0 bridgehead atoms. The Labute approximate surface area is 267 Å². The second-order valence-electron chi connectivity index (χ2n) is 10.8. The molecule has 0 saturated carbocycles. The van der Waals surface area contributed by atoms with Crippen LogP contribution in [0.25, 0.3) is 11.1 Å². The molecular weight excluding hydrogens is 585 g/mol. The van der Waals surface area contributed by atoms with Crippen LogP contribution in [0.1, 0.15) is 55.8 Å². The van der Waals surface area contributed by atoms with Crippen LogP contribution in [0.4, 0.5) is 11.4 Å². The minimum atomic E-state index is -0.113. The van der Waals surface area contributed by atoms with Gasteiger partial charge in [0.2, 0.25) is 0 Å². The Hall–Kier alpha value is -4.24. The number of benzene rings is 3. The van der Waals surface area contributed by atoms with Crippen LogP contribution in [0.15, 0.2) is 102 Å². The van der Waals surface area contributed by atoms with E-state index in [0.29, 0.717) is 29.4 Å². The van der Waals surface area contributed by atoms with Crippen molar-refractivity contribution in [2.24, 2.45) is 5.73 Å². The molecule has 2 heterocycles. The molecule has 0 saturated heterocycles. The molecule has 0 unspecified atom stereocenters. The van der Waals surface area contributed by atoms with E-state index in [-0.39, 0.29) is 11.8 Å². The van der Waals surface area contributed by atoms with Crippen LogP contribution in [-0.2, 0) is 19.6 Å². The zero-order chi connectivity index (χ0) is 30.9. The number of unbranched alkanes of at least 4 members (excludes halogenated alkanes) is 1. The Morgan fingerprint density at radius 1 is 0.773 bits per heavy atom. The average molecular weight is 623 g/mol. The molecule has 0 aliphatic carbocycles. The van der Waals surface area contributed by atoms with E-state index < -0.39 is 0 Å². The third-order valence-corrected chi connectivity index (χ3v) is 9.23. The van der Waals surface area contributed by atoms with Crippen LogP contribution < -0.4 is 16.0 Å². The van der Waals surface area contributed by atoms with Crippen molar-refractivity contribution in [3.8, 4) is 11.1 Å². The highest BCUT2D eigenvalue weighted by molar-refractivity contribution is 7.12. The first-order valence-electron chi connectivity index (χ1n) is 14.8. The molecule has 0 spiro atoms. The van der Waals surface area contributed by atoms with E-state index in [1.807, 2.05) is 64.2 Å².